The van der Waals surface area contributed by atoms with Crippen molar-refractivity contribution in [2.75, 3.05) is 7.11 Å². The average molecular weight is 300 g/mol. The van der Waals surface area contributed by atoms with E-state index in [2.05, 4.69) is 15.1 Å². The number of carbonyl (C=O) groups excluding carboxylic acids is 1. The Labute approximate surface area is 129 Å². The lowest BCUT2D eigenvalue weighted by molar-refractivity contribution is -0.143. The molecule has 0 bridgehead atoms. The van der Waals surface area contributed by atoms with Crippen LogP contribution in [-0.4, -0.2) is 32.8 Å². The van der Waals surface area contributed by atoms with Gasteiger partial charge in [-0.1, -0.05) is 13.8 Å². The van der Waals surface area contributed by atoms with Gasteiger partial charge >= 0.3 is 5.97 Å². The highest BCUT2D eigenvalue weighted by atomic mass is 16.5. The Morgan fingerprint density at radius 1 is 1.41 bits per heavy atom. The highest BCUT2D eigenvalue weighted by Crippen LogP contribution is 2.49. The van der Waals surface area contributed by atoms with Gasteiger partial charge in [-0.25, -0.2) is 9.67 Å². The summed E-state index contributed by atoms with van der Waals surface area (Å²) < 4.78 is 6.78. The van der Waals surface area contributed by atoms with Crippen LogP contribution in [0.15, 0.2) is 18.5 Å². The minimum absolute atomic E-state index is 0.190. The third-order valence-corrected chi connectivity index (χ3v) is 4.11. The summed E-state index contributed by atoms with van der Waals surface area (Å²) in [5.41, 5.74) is 1.24. The first-order valence-electron chi connectivity index (χ1n) is 7.46. The van der Waals surface area contributed by atoms with Crippen molar-refractivity contribution in [1.82, 2.24) is 19.7 Å². The van der Waals surface area contributed by atoms with E-state index in [4.69, 9.17) is 4.74 Å². The summed E-state index contributed by atoms with van der Waals surface area (Å²) in [6, 6.07) is 1.89. The van der Waals surface area contributed by atoms with E-state index in [-0.39, 0.29) is 11.9 Å². The molecule has 6 heteroatoms. The van der Waals surface area contributed by atoms with Crippen LogP contribution >= 0.6 is 0 Å². The molecule has 116 valence electrons. The maximum absolute atomic E-state index is 12.2. The Bertz CT molecular complexity index is 717. The highest BCUT2D eigenvalue weighted by molar-refractivity contribution is 5.85. The monoisotopic (exact) mass is 300 g/mol. The van der Waals surface area contributed by atoms with E-state index >= 15 is 0 Å². The Balaban J connectivity index is 2.18. The number of nitrogens with zero attached hydrogens (tertiary/aromatic N) is 4. The molecule has 0 spiro atoms. The lowest BCUT2D eigenvalue weighted by Gasteiger charge is -2.14. The van der Waals surface area contributed by atoms with Gasteiger partial charge in [0.2, 0.25) is 0 Å². The molecule has 1 saturated carbocycles. The molecule has 0 unspecified atom stereocenters. The molecule has 1 aliphatic carbocycles. The molecule has 0 radical (unpaired) electrons. The summed E-state index contributed by atoms with van der Waals surface area (Å²) >= 11 is 0. The third kappa shape index (κ3) is 2.19. The first-order chi connectivity index (χ1) is 10.5. The minimum atomic E-state index is -0.648. The third-order valence-electron chi connectivity index (χ3n) is 4.11. The maximum atomic E-state index is 12.2. The van der Waals surface area contributed by atoms with Crippen molar-refractivity contribution in [3.05, 3.63) is 35.7 Å². The van der Waals surface area contributed by atoms with Crippen molar-refractivity contribution in [3.8, 4) is 5.69 Å². The van der Waals surface area contributed by atoms with E-state index in [0.717, 1.165) is 29.9 Å². The molecular formula is C16H20N4O2. The second-order valence-corrected chi connectivity index (χ2v) is 6.10. The number of methoxy groups -OCH3 is 1. The smallest absolute Gasteiger partial charge is 0.319 e. The molecule has 0 saturated heterocycles. The summed E-state index contributed by atoms with van der Waals surface area (Å²) in [6.45, 7) is 6.06. The molecule has 0 aliphatic heterocycles. The minimum Gasteiger partial charge on any atom is -0.468 e. The normalized spacial score (nSPS) is 15.9. The Kier molecular flexibility index (Phi) is 3.47. The van der Waals surface area contributed by atoms with Gasteiger partial charge in [0.1, 0.15) is 11.2 Å². The van der Waals surface area contributed by atoms with Gasteiger partial charge in [0, 0.05) is 18.3 Å². The summed E-state index contributed by atoms with van der Waals surface area (Å²) in [6.07, 6.45) is 5.01. The Hall–Kier alpha value is -2.24. The number of aromatic nitrogens is 4. The standard InChI is InChI=1S/C16H20N4O2/c1-10(2)13-18-14(16(6-7-16)15(21)22-4)20(19-13)12-5-8-17-9-11(12)3/h5,8-10H,6-7H2,1-4H3. The summed E-state index contributed by atoms with van der Waals surface area (Å²) in [5.74, 6) is 1.37. The molecule has 3 rings (SSSR count). The molecule has 2 aromatic rings. The fraction of sp³-hybridized carbons (Fsp3) is 0.500. The topological polar surface area (TPSA) is 69.9 Å². The van der Waals surface area contributed by atoms with Crippen LogP contribution in [0, 0.1) is 6.92 Å². The van der Waals surface area contributed by atoms with Crippen molar-refractivity contribution in [2.24, 2.45) is 0 Å². The van der Waals surface area contributed by atoms with Crippen LogP contribution in [0.5, 0.6) is 0 Å². The molecule has 22 heavy (non-hydrogen) atoms. The predicted molar refractivity (Wildman–Crippen MR) is 80.9 cm³/mol. The molecular weight excluding hydrogens is 280 g/mol. The number of pyridine rings is 1. The Morgan fingerprint density at radius 2 is 2.14 bits per heavy atom. The van der Waals surface area contributed by atoms with Crippen LogP contribution < -0.4 is 0 Å². The van der Waals surface area contributed by atoms with Crippen molar-refractivity contribution >= 4 is 5.97 Å². The molecule has 6 nitrogen and oxygen atoms in total. The van der Waals surface area contributed by atoms with Crippen molar-refractivity contribution in [2.45, 2.75) is 44.9 Å². The number of aryl methyl sites for hydroxylation is 1. The number of ether oxygens (including phenoxy) is 1. The van der Waals surface area contributed by atoms with E-state index < -0.39 is 5.41 Å². The van der Waals surface area contributed by atoms with E-state index in [0.29, 0.717) is 5.82 Å². The number of hydrogen-bond donors (Lipinski definition) is 0. The zero-order valence-corrected chi connectivity index (χ0v) is 13.3. The average Bonchev–Trinajstić information content (AvgIpc) is 3.19. The predicted octanol–water partition coefficient (Wildman–Crippen LogP) is 2.30. The molecule has 1 aliphatic rings. The van der Waals surface area contributed by atoms with Crippen molar-refractivity contribution in [1.29, 1.82) is 0 Å². The van der Waals surface area contributed by atoms with Crippen LogP contribution in [0.2, 0.25) is 0 Å². The quantitative estimate of drug-likeness (QED) is 0.810. The van der Waals surface area contributed by atoms with Crippen molar-refractivity contribution < 1.29 is 9.53 Å². The fourth-order valence-corrected chi connectivity index (χ4v) is 2.59. The Morgan fingerprint density at radius 3 is 2.68 bits per heavy atom. The molecule has 2 aromatic heterocycles. The molecule has 0 atom stereocenters. The van der Waals surface area contributed by atoms with Gasteiger partial charge < -0.3 is 4.74 Å². The number of hydrogen-bond acceptors (Lipinski definition) is 5. The van der Waals surface area contributed by atoms with E-state index in [1.165, 1.54) is 7.11 Å². The first kappa shape index (κ1) is 14.7. The number of carbonyl (C=O) groups is 1. The number of rotatable bonds is 4. The molecule has 0 aromatic carbocycles. The summed E-state index contributed by atoms with van der Waals surface area (Å²) in [7, 11) is 1.42. The second-order valence-electron chi connectivity index (χ2n) is 6.10. The van der Waals surface area contributed by atoms with E-state index in [1.807, 2.05) is 26.8 Å². The van der Waals surface area contributed by atoms with Gasteiger partial charge in [-0.15, -0.1) is 0 Å². The van der Waals surface area contributed by atoms with Crippen molar-refractivity contribution in [3.63, 3.8) is 0 Å². The van der Waals surface area contributed by atoms with Gasteiger partial charge in [0.15, 0.2) is 5.82 Å². The molecule has 2 heterocycles. The summed E-state index contributed by atoms with van der Waals surface area (Å²) in [5, 5.41) is 4.63. The van der Waals surface area contributed by atoms with Crippen LogP contribution in [0.3, 0.4) is 0 Å². The fourth-order valence-electron chi connectivity index (χ4n) is 2.59. The zero-order valence-electron chi connectivity index (χ0n) is 13.3. The number of esters is 1. The maximum Gasteiger partial charge on any atom is 0.319 e. The molecule has 1 fully saturated rings. The first-order valence-corrected chi connectivity index (χ1v) is 7.46. The van der Waals surface area contributed by atoms with Gasteiger partial charge in [-0.2, -0.15) is 5.10 Å². The van der Waals surface area contributed by atoms with Gasteiger partial charge in [-0.05, 0) is 31.4 Å². The SMILES string of the molecule is COC(=O)C1(c2nc(C(C)C)nn2-c2ccncc2C)CC1. The van der Waals surface area contributed by atoms with Crippen LogP contribution in [0.1, 0.15) is 49.8 Å². The van der Waals surface area contributed by atoms with E-state index in [9.17, 15) is 4.79 Å². The molecule has 0 amide bonds. The second kappa shape index (κ2) is 5.19. The van der Waals surface area contributed by atoms with Gasteiger partial charge in [0.25, 0.3) is 0 Å². The van der Waals surface area contributed by atoms with Gasteiger partial charge in [-0.3, -0.25) is 9.78 Å². The van der Waals surface area contributed by atoms with Gasteiger partial charge in [0.05, 0.1) is 12.8 Å². The zero-order chi connectivity index (χ0) is 15.9. The van der Waals surface area contributed by atoms with Crippen LogP contribution in [0.4, 0.5) is 0 Å². The lowest BCUT2D eigenvalue weighted by atomic mass is 10.1. The van der Waals surface area contributed by atoms with E-state index in [1.54, 1.807) is 17.1 Å². The summed E-state index contributed by atoms with van der Waals surface area (Å²) in [4.78, 5) is 21.0. The molecule has 0 N–H and O–H groups in total. The van der Waals surface area contributed by atoms with Crippen LogP contribution in [0.25, 0.3) is 5.69 Å². The largest absolute Gasteiger partial charge is 0.468 e. The highest BCUT2D eigenvalue weighted by Gasteiger charge is 2.56. The lowest BCUT2D eigenvalue weighted by Crippen LogP contribution is -2.26. The van der Waals surface area contributed by atoms with Crippen LogP contribution in [-0.2, 0) is 14.9 Å².